The van der Waals surface area contributed by atoms with Gasteiger partial charge >= 0.3 is 12.0 Å². The molecule has 0 spiro atoms. The molecule has 1 aromatic rings. The predicted molar refractivity (Wildman–Crippen MR) is 77.9 cm³/mol. The Morgan fingerprint density at radius 3 is 2.65 bits per heavy atom. The number of urea groups is 1. The van der Waals surface area contributed by atoms with E-state index in [9.17, 15) is 9.59 Å². The van der Waals surface area contributed by atoms with Gasteiger partial charge in [-0.1, -0.05) is 0 Å². The van der Waals surface area contributed by atoms with E-state index < -0.39 is 5.97 Å². The van der Waals surface area contributed by atoms with Crippen molar-refractivity contribution in [3.8, 4) is 0 Å². The van der Waals surface area contributed by atoms with Crippen LogP contribution < -0.4 is 10.6 Å². The topological polar surface area (TPSA) is 78.4 Å². The lowest BCUT2D eigenvalue weighted by Crippen LogP contribution is -2.43. The SMILES string of the molecule is Cc1cc(CNC(=O)NC(CC(=O)O)C2CC2)sc1C. The Labute approximate surface area is 122 Å². The molecule has 5 nitrogen and oxygen atoms in total. The van der Waals surface area contributed by atoms with E-state index in [0.29, 0.717) is 12.5 Å². The van der Waals surface area contributed by atoms with Crippen LogP contribution in [0.4, 0.5) is 4.79 Å². The van der Waals surface area contributed by atoms with Crippen molar-refractivity contribution in [3.63, 3.8) is 0 Å². The van der Waals surface area contributed by atoms with Crippen molar-refractivity contribution >= 4 is 23.3 Å². The Morgan fingerprint density at radius 1 is 1.45 bits per heavy atom. The standard InChI is InChI=1S/C14H20N2O3S/c1-8-5-11(20-9(8)2)7-15-14(19)16-12(6-13(17)18)10-3-4-10/h5,10,12H,3-4,6-7H2,1-2H3,(H,17,18)(H2,15,16,19). The predicted octanol–water partition coefficient (Wildman–Crippen LogP) is 2.42. The number of carbonyl (C=O) groups excluding carboxylic acids is 1. The Morgan fingerprint density at radius 2 is 2.15 bits per heavy atom. The minimum atomic E-state index is -0.869. The van der Waals surface area contributed by atoms with E-state index in [-0.39, 0.29) is 18.5 Å². The van der Waals surface area contributed by atoms with Gasteiger partial charge in [-0.15, -0.1) is 11.3 Å². The van der Waals surface area contributed by atoms with Gasteiger partial charge in [-0.25, -0.2) is 4.79 Å². The number of aryl methyl sites for hydroxylation is 2. The van der Waals surface area contributed by atoms with Crippen molar-refractivity contribution in [2.24, 2.45) is 5.92 Å². The summed E-state index contributed by atoms with van der Waals surface area (Å²) in [7, 11) is 0. The maximum atomic E-state index is 11.8. The molecule has 0 bridgehead atoms. The molecule has 1 fully saturated rings. The quantitative estimate of drug-likeness (QED) is 0.754. The van der Waals surface area contributed by atoms with Gasteiger partial charge in [-0.3, -0.25) is 4.79 Å². The molecule has 0 radical (unpaired) electrons. The van der Waals surface area contributed by atoms with Gasteiger partial charge in [0.2, 0.25) is 0 Å². The monoisotopic (exact) mass is 296 g/mol. The van der Waals surface area contributed by atoms with Gasteiger partial charge in [0.25, 0.3) is 0 Å². The number of carbonyl (C=O) groups is 2. The molecule has 1 atom stereocenters. The third-order valence-electron chi connectivity index (χ3n) is 3.54. The largest absolute Gasteiger partial charge is 0.481 e. The molecule has 110 valence electrons. The maximum Gasteiger partial charge on any atom is 0.315 e. The van der Waals surface area contributed by atoms with Crippen molar-refractivity contribution in [3.05, 3.63) is 21.4 Å². The summed E-state index contributed by atoms with van der Waals surface area (Å²) < 4.78 is 0. The zero-order valence-electron chi connectivity index (χ0n) is 11.7. The van der Waals surface area contributed by atoms with Gasteiger partial charge in [-0.2, -0.15) is 0 Å². The minimum absolute atomic E-state index is 0.00466. The summed E-state index contributed by atoms with van der Waals surface area (Å²) in [5, 5.41) is 14.4. The zero-order valence-corrected chi connectivity index (χ0v) is 12.5. The van der Waals surface area contributed by atoms with E-state index in [2.05, 4.69) is 23.6 Å². The highest BCUT2D eigenvalue weighted by Gasteiger charge is 2.33. The van der Waals surface area contributed by atoms with E-state index >= 15 is 0 Å². The maximum absolute atomic E-state index is 11.8. The Bertz CT molecular complexity index is 489. The van der Waals surface area contributed by atoms with E-state index in [1.54, 1.807) is 11.3 Å². The average molecular weight is 296 g/mol. The summed E-state index contributed by atoms with van der Waals surface area (Å²) in [6, 6.07) is 1.53. The van der Waals surface area contributed by atoms with Gasteiger partial charge in [0, 0.05) is 15.8 Å². The van der Waals surface area contributed by atoms with Gasteiger partial charge in [-0.05, 0) is 44.2 Å². The Balaban J connectivity index is 1.80. The normalized spacial score (nSPS) is 15.7. The van der Waals surface area contributed by atoms with E-state index in [0.717, 1.165) is 17.7 Å². The molecule has 2 amide bonds. The molecule has 1 heterocycles. The molecular formula is C14H20N2O3S. The lowest BCUT2D eigenvalue weighted by molar-refractivity contribution is -0.137. The highest BCUT2D eigenvalue weighted by molar-refractivity contribution is 7.12. The number of aliphatic carboxylic acids is 1. The molecule has 2 rings (SSSR count). The molecular weight excluding hydrogens is 276 g/mol. The van der Waals surface area contributed by atoms with Crippen LogP contribution in [0, 0.1) is 19.8 Å². The summed E-state index contributed by atoms with van der Waals surface area (Å²) in [6.45, 7) is 4.58. The summed E-state index contributed by atoms with van der Waals surface area (Å²) in [6.07, 6.45) is 2.00. The van der Waals surface area contributed by atoms with E-state index in [4.69, 9.17) is 5.11 Å². The van der Waals surface area contributed by atoms with Crippen LogP contribution in [-0.2, 0) is 11.3 Å². The fourth-order valence-corrected chi connectivity index (χ4v) is 3.14. The van der Waals surface area contributed by atoms with Crippen LogP contribution in [-0.4, -0.2) is 23.1 Å². The highest BCUT2D eigenvalue weighted by atomic mass is 32.1. The summed E-state index contributed by atoms with van der Waals surface area (Å²) >= 11 is 1.67. The molecule has 20 heavy (non-hydrogen) atoms. The van der Waals surface area contributed by atoms with Crippen LogP contribution in [0.3, 0.4) is 0 Å². The summed E-state index contributed by atoms with van der Waals surface area (Å²) in [4.78, 5) is 25.0. The second-order valence-electron chi connectivity index (χ2n) is 5.32. The van der Waals surface area contributed by atoms with Crippen molar-refractivity contribution in [1.82, 2.24) is 10.6 Å². The third-order valence-corrected chi connectivity index (χ3v) is 4.69. The molecule has 3 N–H and O–H groups in total. The van der Waals surface area contributed by atoms with Crippen molar-refractivity contribution in [1.29, 1.82) is 0 Å². The number of hydrogen-bond acceptors (Lipinski definition) is 3. The van der Waals surface area contributed by atoms with Crippen LogP contribution in [0.15, 0.2) is 6.07 Å². The van der Waals surface area contributed by atoms with Crippen molar-refractivity contribution in [2.45, 2.75) is 45.7 Å². The van der Waals surface area contributed by atoms with Crippen LogP contribution in [0.2, 0.25) is 0 Å². The van der Waals surface area contributed by atoms with Gasteiger partial charge in [0.15, 0.2) is 0 Å². The smallest absolute Gasteiger partial charge is 0.315 e. The molecule has 1 aliphatic carbocycles. The second kappa shape index (κ2) is 6.26. The average Bonchev–Trinajstić information content (AvgIpc) is 3.14. The number of thiophene rings is 1. The van der Waals surface area contributed by atoms with Crippen LogP contribution >= 0.6 is 11.3 Å². The van der Waals surface area contributed by atoms with E-state index in [1.807, 2.05) is 6.92 Å². The summed E-state index contributed by atoms with van der Waals surface area (Å²) in [5.41, 5.74) is 1.23. The van der Waals surface area contributed by atoms with Gasteiger partial charge in [0.05, 0.1) is 13.0 Å². The number of nitrogens with one attached hydrogen (secondary N) is 2. The van der Waals surface area contributed by atoms with Crippen molar-refractivity contribution in [2.75, 3.05) is 0 Å². The van der Waals surface area contributed by atoms with Crippen molar-refractivity contribution < 1.29 is 14.7 Å². The Hall–Kier alpha value is -1.56. The zero-order chi connectivity index (χ0) is 14.7. The Kier molecular flexibility index (Phi) is 4.65. The molecule has 1 aliphatic rings. The second-order valence-corrected chi connectivity index (χ2v) is 6.66. The molecule has 0 aliphatic heterocycles. The van der Waals surface area contributed by atoms with Gasteiger partial charge < -0.3 is 15.7 Å². The number of carboxylic acid groups (broad SMARTS) is 1. The van der Waals surface area contributed by atoms with Crippen LogP contribution in [0.25, 0.3) is 0 Å². The lowest BCUT2D eigenvalue weighted by atomic mass is 10.1. The fraction of sp³-hybridized carbons (Fsp3) is 0.571. The minimum Gasteiger partial charge on any atom is -0.481 e. The first-order valence-corrected chi connectivity index (χ1v) is 7.59. The van der Waals surface area contributed by atoms with Gasteiger partial charge in [0.1, 0.15) is 0 Å². The number of carboxylic acids is 1. The number of amides is 2. The third kappa shape index (κ3) is 4.23. The lowest BCUT2D eigenvalue weighted by Gasteiger charge is -2.16. The molecule has 0 saturated heterocycles. The number of rotatable bonds is 6. The molecule has 1 saturated carbocycles. The summed E-state index contributed by atoms with van der Waals surface area (Å²) in [5.74, 6) is -0.546. The molecule has 0 aromatic carbocycles. The highest BCUT2D eigenvalue weighted by Crippen LogP contribution is 2.34. The molecule has 1 unspecified atom stereocenters. The number of hydrogen-bond donors (Lipinski definition) is 3. The van der Waals surface area contributed by atoms with Crippen LogP contribution in [0.5, 0.6) is 0 Å². The first kappa shape index (κ1) is 14.8. The van der Waals surface area contributed by atoms with E-state index in [1.165, 1.54) is 10.4 Å². The molecule has 1 aromatic heterocycles. The first-order chi connectivity index (χ1) is 9.45. The fourth-order valence-electron chi connectivity index (χ4n) is 2.15. The molecule has 6 heteroatoms. The first-order valence-electron chi connectivity index (χ1n) is 6.77. The van der Waals surface area contributed by atoms with Crippen LogP contribution in [0.1, 0.15) is 34.6 Å².